The highest BCUT2D eigenvalue weighted by Crippen LogP contribution is 2.37. The van der Waals surface area contributed by atoms with Gasteiger partial charge in [-0.25, -0.2) is 4.79 Å². The van der Waals surface area contributed by atoms with Crippen LogP contribution in [0, 0.1) is 0 Å². The van der Waals surface area contributed by atoms with Crippen LogP contribution in [0.4, 0.5) is 10.5 Å². The number of urea groups is 1. The average Bonchev–Trinajstić information content (AvgIpc) is 2.79. The van der Waals surface area contributed by atoms with Crippen molar-refractivity contribution in [2.45, 2.75) is 39.2 Å². The van der Waals surface area contributed by atoms with Crippen LogP contribution in [0.3, 0.4) is 0 Å². The molecule has 0 atom stereocenters. The van der Waals surface area contributed by atoms with Crippen LogP contribution in [-0.4, -0.2) is 50.3 Å². The van der Waals surface area contributed by atoms with Crippen molar-refractivity contribution in [2.24, 2.45) is 0 Å². The summed E-state index contributed by atoms with van der Waals surface area (Å²) in [6.45, 7) is 7.18. The van der Waals surface area contributed by atoms with E-state index in [2.05, 4.69) is 36.4 Å². The van der Waals surface area contributed by atoms with E-state index in [4.69, 9.17) is 21.1 Å². The molecule has 0 aliphatic carbocycles. The van der Waals surface area contributed by atoms with E-state index >= 15 is 0 Å². The van der Waals surface area contributed by atoms with Crippen molar-refractivity contribution >= 4 is 23.3 Å². The van der Waals surface area contributed by atoms with Gasteiger partial charge in [0.2, 0.25) is 0 Å². The molecule has 2 rings (SSSR count). The lowest BCUT2D eigenvalue weighted by Crippen LogP contribution is -2.31. The zero-order valence-electron chi connectivity index (χ0n) is 15.2. The van der Waals surface area contributed by atoms with Crippen LogP contribution in [0.15, 0.2) is 12.1 Å². The topological polar surface area (TPSA) is 62.8 Å². The highest BCUT2D eigenvalue weighted by Gasteiger charge is 2.15. The third-order valence-corrected chi connectivity index (χ3v) is 4.50. The number of carbonyl (C=O) groups is 1. The lowest BCUT2D eigenvalue weighted by atomic mass is 10.2. The Hall–Kier alpha value is -1.66. The SMILES string of the molecule is CC(C)N(C)CCCCNC(=O)Nc1cc2c(cc1Cl)OCCCO2. The third-order valence-electron chi connectivity index (χ3n) is 4.19. The quantitative estimate of drug-likeness (QED) is 0.718. The number of benzene rings is 1. The van der Waals surface area contributed by atoms with Crippen LogP contribution in [-0.2, 0) is 0 Å². The fraction of sp³-hybridized carbons (Fsp3) is 0.611. The molecule has 0 saturated carbocycles. The van der Waals surface area contributed by atoms with Gasteiger partial charge in [-0.1, -0.05) is 11.6 Å². The zero-order chi connectivity index (χ0) is 18.2. The minimum atomic E-state index is -0.270. The summed E-state index contributed by atoms with van der Waals surface area (Å²) >= 11 is 6.22. The summed E-state index contributed by atoms with van der Waals surface area (Å²) in [6, 6.07) is 3.66. The van der Waals surface area contributed by atoms with Gasteiger partial charge < -0.3 is 25.0 Å². The summed E-state index contributed by atoms with van der Waals surface area (Å²) in [7, 11) is 2.11. The summed E-state index contributed by atoms with van der Waals surface area (Å²) < 4.78 is 11.2. The summed E-state index contributed by atoms with van der Waals surface area (Å²) in [5.74, 6) is 1.22. The van der Waals surface area contributed by atoms with E-state index in [1.54, 1.807) is 12.1 Å². The number of hydrogen-bond donors (Lipinski definition) is 2. The number of hydrogen-bond acceptors (Lipinski definition) is 4. The number of halogens is 1. The maximum atomic E-state index is 12.0. The van der Waals surface area contributed by atoms with Crippen molar-refractivity contribution < 1.29 is 14.3 Å². The molecule has 6 nitrogen and oxygen atoms in total. The molecule has 0 radical (unpaired) electrons. The lowest BCUT2D eigenvalue weighted by Gasteiger charge is -2.20. The number of carbonyl (C=O) groups excluding carboxylic acids is 1. The molecule has 1 aromatic carbocycles. The molecule has 0 spiro atoms. The highest BCUT2D eigenvalue weighted by molar-refractivity contribution is 6.34. The van der Waals surface area contributed by atoms with E-state index in [0.717, 1.165) is 25.8 Å². The molecule has 2 N–H and O–H groups in total. The molecule has 2 amide bonds. The Labute approximate surface area is 154 Å². The number of nitrogens with zero attached hydrogens (tertiary/aromatic N) is 1. The number of anilines is 1. The summed E-state index contributed by atoms with van der Waals surface area (Å²) in [5.41, 5.74) is 0.517. The monoisotopic (exact) mass is 369 g/mol. The maximum Gasteiger partial charge on any atom is 0.319 e. The fourth-order valence-corrected chi connectivity index (χ4v) is 2.59. The Morgan fingerprint density at radius 3 is 2.60 bits per heavy atom. The molecular weight excluding hydrogens is 342 g/mol. The molecular formula is C18H28ClN3O3. The largest absolute Gasteiger partial charge is 0.490 e. The second-order valence-electron chi connectivity index (χ2n) is 6.49. The van der Waals surface area contributed by atoms with Crippen molar-refractivity contribution in [3.05, 3.63) is 17.2 Å². The van der Waals surface area contributed by atoms with Crippen LogP contribution < -0.4 is 20.1 Å². The van der Waals surface area contributed by atoms with E-state index in [0.29, 0.717) is 48.0 Å². The molecule has 0 fully saturated rings. The summed E-state index contributed by atoms with van der Waals surface area (Å²) in [4.78, 5) is 14.3. The van der Waals surface area contributed by atoms with Gasteiger partial charge in [0.25, 0.3) is 0 Å². The Morgan fingerprint density at radius 2 is 1.92 bits per heavy atom. The maximum absolute atomic E-state index is 12.0. The first-order valence-corrected chi connectivity index (χ1v) is 9.19. The van der Waals surface area contributed by atoms with Gasteiger partial charge in [-0.05, 0) is 40.3 Å². The molecule has 1 aromatic rings. The Kier molecular flexibility index (Phi) is 7.65. The number of fused-ring (bicyclic) bond motifs is 1. The van der Waals surface area contributed by atoms with Gasteiger partial charge in [-0.2, -0.15) is 0 Å². The van der Waals surface area contributed by atoms with Crippen molar-refractivity contribution in [1.29, 1.82) is 0 Å². The van der Waals surface area contributed by atoms with Gasteiger partial charge in [0.1, 0.15) is 0 Å². The molecule has 0 aromatic heterocycles. The molecule has 0 saturated heterocycles. The summed E-state index contributed by atoms with van der Waals surface area (Å²) in [5, 5.41) is 6.05. The predicted octanol–water partition coefficient (Wildman–Crippen LogP) is 3.74. The molecule has 1 aliphatic heterocycles. The smallest absolute Gasteiger partial charge is 0.319 e. The van der Waals surface area contributed by atoms with Gasteiger partial charge in [0.15, 0.2) is 11.5 Å². The molecule has 0 bridgehead atoms. The third kappa shape index (κ3) is 6.29. The molecule has 1 aliphatic rings. The lowest BCUT2D eigenvalue weighted by molar-refractivity contribution is 0.250. The molecule has 140 valence electrons. The van der Waals surface area contributed by atoms with E-state index in [1.165, 1.54) is 0 Å². The molecule has 7 heteroatoms. The first-order chi connectivity index (χ1) is 12.0. The second-order valence-corrected chi connectivity index (χ2v) is 6.90. The van der Waals surface area contributed by atoms with Crippen LogP contribution in [0.25, 0.3) is 0 Å². The van der Waals surface area contributed by atoms with E-state index in [1.807, 2.05) is 0 Å². The summed E-state index contributed by atoms with van der Waals surface area (Å²) in [6.07, 6.45) is 2.79. The van der Waals surface area contributed by atoms with E-state index < -0.39 is 0 Å². The number of unbranched alkanes of at least 4 members (excludes halogenated alkanes) is 1. The van der Waals surface area contributed by atoms with Crippen LogP contribution in [0.5, 0.6) is 11.5 Å². The number of ether oxygens (including phenoxy) is 2. The molecule has 25 heavy (non-hydrogen) atoms. The predicted molar refractivity (Wildman–Crippen MR) is 101 cm³/mol. The first-order valence-electron chi connectivity index (χ1n) is 8.81. The van der Waals surface area contributed by atoms with Gasteiger partial charge in [0, 0.05) is 31.1 Å². The highest BCUT2D eigenvalue weighted by atomic mass is 35.5. The molecule has 0 unspecified atom stereocenters. The van der Waals surface area contributed by atoms with E-state index in [9.17, 15) is 4.79 Å². The minimum Gasteiger partial charge on any atom is -0.490 e. The van der Waals surface area contributed by atoms with Crippen LogP contribution in [0.2, 0.25) is 5.02 Å². The minimum absolute atomic E-state index is 0.270. The second kappa shape index (κ2) is 9.73. The van der Waals surface area contributed by atoms with Gasteiger partial charge in [0.05, 0.1) is 23.9 Å². The standard InChI is InChI=1S/C18H28ClN3O3/c1-13(2)22(3)8-5-4-7-20-18(23)21-15-12-17-16(11-14(15)19)24-9-6-10-25-17/h11-13H,4-10H2,1-3H3,(H2,20,21,23). The first kappa shape index (κ1) is 19.7. The van der Waals surface area contributed by atoms with Crippen LogP contribution in [0.1, 0.15) is 33.1 Å². The Morgan fingerprint density at radius 1 is 1.24 bits per heavy atom. The number of nitrogens with one attached hydrogen (secondary N) is 2. The van der Waals surface area contributed by atoms with Crippen molar-refractivity contribution in [3.63, 3.8) is 0 Å². The van der Waals surface area contributed by atoms with Crippen molar-refractivity contribution in [1.82, 2.24) is 10.2 Å². The Bertz CT molecular complexity index is 581. The average molecular weight is 370 g/mol. The normalized spacial score (nSPS) is 13.7. The van der Waals surface area contributed by atoms with E-state index in [-0.39, 0.29) is 6.03 Å². The van der Waals surface area contributed by atoms with Gasteiger partial charge in [-0.3, -0.25) is 0 Å². The van der Waals surface area contributed by atoms with Gasteiger partial charge in [-0.15, -0.1) is 0 Å². The van der Waals surface area contributed by atoms with Crippen molar-refractivity contribution in [2.75, 3.05) is 38.7 Å². The Balaban J connectivity index is 1.78. The zero-order valence-corrected chi connectivity index (χ0v) is 16.0. The van der Waals surface area contributed by atoms with Crippen LogP contribution >= 0.6 is 11.6 Å². The number of amides is 2. The fourth-order valence-electron chi connectivity index (χ4n) is 2.39. The van der Waals surface area contributed by atoms with Gasteiger partial charge >= 0.3 is 6.03 Å². The van der Waals surface area contributed by atoms with Crippen molar-refractivity contribution in [3.8, 4) is 11.5 Å². The molecule has 1 heterocycles. The number of rotatable bonds is 7.